The van der Waals surface area contributed by atoms with Gasteiger partial charge in [0.25, 0.3) is 0 Å². The number of rotatable bonds is 6. The van der Waals surface area contributed by atoms with Crippen LogP contribution >= 0.6 is 0 Å². The quantitative estimate of drug-likeness (QED) is 0.794. The molecule has 1 atom stereocenters. The molecule has 1 unspecified atom stereocenters. The SMILES string of the molecule is Cc1ccccc1CS(=O)(=O)C(CCN)C(=O)O. The molecule has 0 saturated carbocycles. The van der Waals surface area contributed by atoms with Crippen LogP contribution in [0.2, 0.25) is 0 Å². The summed E-state index contributed by atoms with van der Waals surface area (Å²) in [5.41, 5.74) is 6.72. The summed E-state index contributed by atoms with van der Waals surface area (Å²) in [6.07, 6.45) is -0.0659. The van der Waals surface area contributed by atoms with Gasteiger partial charge in [0.15, 0.2) is 15.1 Å². The fraction of sp³-hybridized carbons (Fsp3) is 0.417. The van der Waals surface area contributed by atoms with Crippen LogP contribution in [0.25, 0.3) is 0 Å². The third-order valence-corrected chi connectivity index (χ3v) is 4.77. The molecular weight excluding hydrogens is 254 g/mol. The number of benzene rings is 1. The van der Waals surface area contributed by atoms with Crippen LogP contribution in [0, 0.1) is 6.92 Å². The zero-order chi connectivity index (χ0) is 13.8. The predicted octanol–water partition coefficient (Wildman–Crippen LogP) is 0.712. The first-order valence-corrected chi connectivity index (χ1v) is 7.29. The summed E-state index contributed by atoms with van der Waals surface area (Å²) in [5, 5.41) is 7.52. The number of aryl methyl sites for hydroxylation is 1. The van der Waals surface area contributed by atoms with Crippen LogP contribution < -0.4 is 5.73 Å². The monoisotopic (exact) mass is 271 g/mol. The number of hydrogen-bond donors (Lipinski definition) is 2. The van der Waals surface area contributed by atoms with Crippen molar-refractivity contribution in [2.75, 3.05) is 6.54 Å². The van der Waals surface area contributed by atoms with E-state index in [2.05, 4.69) is 0 Å². The standard InChI is InChI=1S/C12H17NO4S/c1-9-4-2-3-5-10(9)8-18(16,17)11(6-7-13)12(14)15/h2-5,11H,6-8,13H2,1H3,(H,14,15). The van der Waals surface area contributed by atoms with Gasteiger partial charge in [-0.1, -0.05) is 24.3 Å². The molecule has 1 aromatic rings. The Morgan fingerprint density at radius 1 is 1.39 bits per heavy atom. The van der Waals surface area contributed by atoms with Crippen molar-refractivity contribution >= 4 is 15.8 Å². The Morgan fingerprint density at radius 2 is 2.00 bits per heavy atom. The minimum absolute atomic E-state index is 0.0317. The Labute approximate surface area is 107 Å². The maximum Gasteiger partial charge on any atom is 0.321 e. The topological polar surface area (TPSA) is 97.5 Å². The molecule has 0 aromatic heterocycles. The molecule has 0 spiro atoms. The van der Waals surface area contributed by atoms with Gasteiger partial charge in [-0.15, -0.1) is 0 Å². The molecule has 1 aromatic carbocycles. The van der Waals surface area contributed by atoms with Crippen molar-refractivity contribution in [1.29, 1.82) is 0 Å². The average molecular weight is 271 g/mol. The van der Waals surface area contributed by atoms with E-state index < -0.39 is 21.1 Å². The lowest BCUT2D eigenvalue weighted by molar-refractivity contribution is -0.136. The molecule has 0 saturated heterocycles. The Morgan fingerprint density at radius 3 is 2.50 bits per heavy atom. The lowest BCUT2D eigenvalue weighted by Gasteiger charge is -2.13. The molecule has 100 valence electrons. The van der Waals surface area contributed by atoms with Gasteiger partial charge in [0.1, 0.15) is 0 Å². The third kappa shape index (κ3) is 3.54. The molecule has 3 N–H and O–H groups in total. The summed E-state index contributed by atoms with van der Waals surface area (Å²) in [6.45, 7) is 1.83. The first kappa shape index (κ1) is 14.7. The van der Waals surface area contributed by atoms with E-state index in [1.54, 1.807) is 31.2 Å². The lowest BCUT2D eigenvalue weighted by Crippen LogP contribution is -2.33. The Kier molecular flexibility index (Phi) is 4.86. The van der Waals surface area contributed by atoms with Crippen LogP contribution in [-0.2, 0) is 20.4 Å². The molecular formula is C12H17NO4S. The van der Waals surface area contributed by atoms with Crippen LogP contribution in [0.4, 0.5) is 0 Å². The zero-order valence-electron chi connectivity index (χ0n) is 10.2. The summed E-state index contributed by atoms with van der Waals surface area (Å²) in [7, 11) is -3.74. The van der Waals surface area contributed by atoms with Gasteiger partial charge in [-0.2, -0.15) is 0 Å². The molecule has 0 aliphatic carbocycles. The van der Waals surface area contributed by atoms with Crippen LogP contribution in [0.15, 0.2) is 24.3 Å². The number of carboxylic acids is 1. The van der Waals surface area contributed by atoms with E-state index in [-0.39, 0.29) is 18.7 Å². The highest BCUT2D eigenvalue weighted by atomic mass is 32.2. The van der Waals surface area contributed by atoms with Gasteiger partial charge < -0.3 is 10.8 Å². The molecule has 0 fully saturated rings. The maximum absolute atomic E-state index is 12.0. The highest BCUT2D eigenvalue weighted by Crippen LogP contribution is 2.16. The number of sulfone groups is 1. The van der Waals surface area contributed by atoms with Crippen molar-refractivity contribution in [2.45, 2.75) is 24.3 Å². The number of aliphatic carboxylic acids is 1. The zero-order valence-corrected chi connectivity index (χ0v) is 11.0. The van der Waals surface area contributed by atoms with Crippen molar-refractivity contribution in [2.24, 2.45) is 5.73 Å². The molecule has 0 aliphatic heterocycles. The Hall–Kier alpha value is -1.40. The highest BCUT2D eigenvalue weighted by molar-refractivity contribution is 7.92. The first-order valence-electron chi connectivity index (χ1n) is 5.57. The largest absolute Gasteiger partial charge is 0.480 e. The first-order chi connectivity index (χ1) is 8.38. The lowest BCUT2D eigenvalue weighted by atomic mass is 10.1. The second kappa shape index (κ2) is 5.97. The predicted molar refractivity (Wildman–Crippen MR) is 68.9 cm³/mol. The van der Waals surface area contributed by atoms with E-state index in [9.17, 15) is 13.2 Å². The number of nitrogens with two attached hydrogens (primary N) is 1. The van der Waals surface area contributed by atoms with E-state index in [4.69, 9.17) is 10.8 Å². The summed E-state index contributed by atoms with van der Waals surface area (Å²) in [6, 6.07) is 7.02. The Balaban J connectivity index is 3.00. The molecule has 0 amide bonds. The normalized spacial score (nSPS) is 13.2. The summed E-state index contributed by atoms with van der Waals surface area (Å²) < 4.78 is 24.1. The fourth-order valence-corrected chi connectivity index (χ4v) is 3.46. The van der Waals surface area contributed by atoms with Gasteiger partial charge in [-0.25, -0.2) is 8.42 Å². The second-order valence-electron chi connectivity index (χ2n) is 4.14. The van der Waals surface area contributed by atoms with Crippen molar-refractivity contribution in [3.05, 3.63) is 35.4 Å². The smallest absolute Gasteiger partial charge is 0.321 e. The molecule has 0 radical (unpaired) electrons. The van der Waals surface area contributed by atoms with Crippen molar-refractivity contribution in [1.82, 2.24) is 0 Å². The van der Waals surface area contributed by atoms with Gasteiger partial charge in [-0.3, -0.25) is 4.79 Å². The van der Waals surface area contributed by atoms with Crippen molar-refractivity contribution in [3.8, 4) is 0 Å². The number of carbonyl (C=O) groups is 1. The van der Waals surface area contributed by atoms with Gasteiger partial charge in [-0.05, 0) is 31.0 Å². The van der Waals surface area contributed by atoms with E-state index in [0.717, 1.165) is 5.56 Å². The molecule has 0 bridgehead atoms. The molecule has 1 rings (SSSR count). The fourth-order valence-electron chi connectivity index (χ4n) is 1.70. The second-order valence-corrected chi connectivity index (χ2v) is 6.32. The maximum atomic E-state index is 12.0. The van der Waals surface area contributed by atoms with Crippen LogP contribution in [0.5, 0.6) is 0 Å². The van der Waals surface area contributed by atoms with Crippen LogP contribution in [0.1, 0.15) is 17.5 Å². The van der Waals surface area contributed by atoms with Gasteiger partial charge in [0.2, 0.25) is 0 Å². The molecule has 18 heavy (non-hydrogen) atoms. The molecule has 5 nitrogen and oxygen atoms in total. The summed E-state index contributed by atoms with van der Waals surface area (Å²) in [5.74, 6) is -1.61. The average Bonchev–Trinajstić information content (AvgIpc) is 2.28. The minimum Gasteiger partial charge on any atom is -0.480 e. The Bertz CT molecular complexity index is 525. The third-order valence-electron chi connectivity index (χ3n) is 2.76. The van der Waals surface area contributed by atoms with Crippen LogP contribution in [0.3, 0.4) is 0 Å². The number of hydrogen-bond acceptors (Lipinski definition) is 4. The number of carboxylic acid groups (broad SMARTS) is 1. The summed E-state index contributed by atoms with van der Waals surface area (Å²) >= 11 is 0. The summed E-state index contributed by atoms with van der Waals surface area (Å²) in [4.78, 5) is 11.0. The molecule has 0 aliphatic rings. The minimum atomic E-state index is -3.74. The van der Waals surface area contributed by atoms with E-state index in [1.807, 2.05) is 0 Å². The van der Waals surface area contributed by atoms with E-state index in [0.29, 0.717) is 5.56 Å². The van der Waals surface area contributed by atoms with Gasteiger partial charge in [0.05, 0.1) is 5.75 Å². The van der Waals surface area contributed by atoms with Gasteiger partial charge >= 0.3 is 5.97 Å². The van der Waals surface area contributed by atoms with E-state index >= 15 is 0 Å². The van der Waals surface area contributed by atoms with Crippen molar-refractivity contribution in [3.63, 3.8) is 0 Å². The van der Waals surface area contributed by atoms with Gasteiger partial charge in [0, 0.05) is 0 Å². The van der Waals surface area contributed by atoms with Crippen molar-refractivity contribution < 1.29 is 18.3 Å². The molecule has 6 heteroatoms. The highest BCUT2D eigenvalue weighted by Gasteiger charge is 2.31. The van der Waals surface area contributed by atoms with Crippen LogP contribution in [-0.4, -0.2) is 31.3 Å². The molecule has 0 heterocycles. The van der Waals surface area contributed by atoms with E-state index in [1.165, 1.54) is 0 Å².